The fourth-order valence-corrected chi connectivity index (χ4v) is 2.85. The van der Waals surface area contributed by atoms with Crippen LogP contribution in [0.4, 0.5) is 5.69 Å². The van der Waals surface area contributed by atoms with E-state index >= 15 is 0 Å². The van der Waals surface area contributed by atoms with Gasteiger partial charge in [-0.25, -0.2) is 0 Å². The van der Waals surface area contributed by atoms with Gasteiger partial charge in [-0.15, -0.1) is 0 Å². The molecular weight excluding hydrogens is 316 g/mol. The molecule has 2 aromatic carbocycles. The third-order valence-electron chi connectivity index (χ3n) is 3.43. The number of carbonyl (C=O) groups excluding carboxylic acids is 1. The molecule has 1 aliphatic heterocycles. The van der Waals surface area contributed by atoms with Crippen molar-refractivity contribution in [1.82, 2.24) is 5.32 Å². The molecule has 4 heteroatoms. The summed E-state index contributed by atoms with van der Waals surface area (Å²) in [6, 6.07) is 15.6. The zero-order chi connectivity index (χ0) is 13.9. The highest BCUT2D eigenvalue weighted by Crippen LogP contribution is 2.24. The van der Waals surface area contributed by atoms with E-state index in [9.17, 15) is 4.79 Å². The second-order valence-corrected chi connectivity index (χ2v) is 5.69. The zero-order valence-electron chi connectivity index (χ0n) is 11.0. The van der Waals surface area contributed by atoms with Gasteiger partial charge in [-0.3, -0.25) is 4.79 Å². The molecule has 3 rings (SSSR count). The number of nitrogens with zero attached hydrogens (tertiary/aromatic N) is 1. The summed E-state index contributed by atoms with van der Waals surface area (Å²) in [5.74, 6) is 0.0439. The first kappa shape index (κ1) is 13.3. The van der Waals surface area contributed by atoms with Gasteiger partial charge >= 0.3 is 0 Å². The smallest absolute Gasteiger partial charge is 0.258 e. The second-order valence-electron chi connectivity index (χ2n) is 4.77. The van der Waals surface area contributed by atoms with Crippen LogP contribution in [0.15, 0.2) is 53.0 Å². The molecule has 3 nitrogen and oxygen atoms in total. The molecule has 0 saturated heterocycles. The molecule has 2 aromatic rings. The molecule has 1 heterocycles. The number of fused-ring (bicyclic) bond motifs is 1. The number of carbonyl (C=O) groups is 1. The Hall–Kier alpha value is -1.65. The molecule has 1 N–H and O–H groups in total. The van der Waals surface area contributed by atoms with Crippen molar-refractivity contribution in [1.29, 1.82) is 0 Å². The van der Waals surface area contributed by atoms with Gasteiger partial charge in [-0.05, 0) is 29.8 Å². The topological polar surface area (TPSA) is 32.3 Å². The molecule has 0 unspecified atom stereocenters. The SMILES string of the molecule is O=C(c1cccc(Br)c1)N1CCNCc2ccccc21. The van der Waals surface area contributed by atoms with Gasteiger partial charge in [-0.1, -0.05) is 40.2 Å². The van der Waals surface area contributed by atoms with E-state index < -0.39 is 0 Å². The highest BCUT2D eigenvalue weighted by atomic mass is 79.9. The first-order valence-electron chi connectivity index (χ1n) is 6.62. The predicted octanol–water partition coefficient (Wildman–Crippen LogP) is 3.20. The van der Waals surface area contributed by atoms with Gasteiger partial charge in [-0.2, -0.15) is 0 Å². The Bertz CT molecular complexity index is 642. The van der Waals surface area contributed by atoms with E-state index in [2.05, 4.69) is 27.3 Å². The minimum atomic E-state index is 0.0439. The van der Waals surface area contributed by atoms with Gasteiger partial charge in [0, 0.05) is 35.4 Å². The van der Waals surface area contributed by atoms with Gasteiger partial charge in [0.05, 0.1) is 0 Å². The Morgan fingerprint density at radius 1 is 1.15 bits per heavy atom. The predicted molar refractivity (Wildman–Crippen MR) is 84.0 cm³/mol. The maximum Gasteiger partial charge on any atom is 0.258 e. The van der Waals surface area contributed by atoms with Crippen LogP contribution in [0.1, 0.15) is 15.9 Å². The first-order valence-corrected chi connectivity index (χ1v) is 7.41. The lowest BCUT2D eigenvalue weighted by molar-refractivity contribution is 0.0987. The number of anilines is 1. The van der Waals surface area contributed by atoms with E-state index in [1.54, 1.807) is 0 Å². The van der Waals surface area contributed by atoms with Crippen LogP contribution in [-0.2, 0) is 6.54 Å². The number of hydrogen-bond donors (Lipinski definition) is 1. The summed E-state index contributed by atoms with van der Waals surface area (Å²) in [7, 11) is 0. The number of halogens is 1. The van der Waals surface area contributed by atoms with Gasteiger partial charge in [0.2, 0.25) is 0 Å². The molecule has 1 aliphatic rings. The lowest BCUT2D eigenvalue weighted by Crippen LogP contribution is -2.34. The van der Waals surface area contributed by atoms with E-state index in [1.165, 1.54) is 0 Å². The molecular formula is C16H15BrN2O. The largest absolute Gasteiger partial charge is 0.311 e. The van der Waals surface area contributed by atoms with Crippen LogP contribution in [0.2, 0.25) is 0 Å². The van der Waals surface area contributed by atoms with Crippen molar-refractivity contribution in [2.24, 2.45) is 0 Å². The molecule has 102 valence electrons. The number of amides is 1. The van der Waals surface area contributed by atoms with Crippen LogP contribution in [-0.4, -0.2) is 19.0 Å². The zero-order valence-corrected chi connectivity index (χ0v) is 12.6. The average molecular weight is 331 g/mol. The van der Waals surface area contributed by atoms with E-state index in [0.29, 0.717) is 12.1 Å². The Kier molecular flexibility index (Phi) is 3.85. The Balaban J connectivity index is 1.99. The second kappa shape index (κ2) is 5.77. The Labute approximate surface area is 126 Å². The van der Waals surface area contributed by atoms with Gasteiger partial charge < -0.3 is 10.2 Å². The summed E-state index contributed by atoms with van der Waals surface area (Å²) >= 11 is 3.42. The van der Waals surface area contributed by atoms with Crippen LogP contribution < -0.4 is 10.2 Å². The van der Waals surface area contributed by atoms with Crippen LogP contribution in [0.3, 0.4) is 0 Å². The molecule has 0 bridgehead atoms. The fraction of sp³-hybridized carbons (Fsp3) is 0.188. The lowest BCUT2D eigenvalue weighted by atomic mass is 10.1. The normalized spacial score (nSPS) is 14.6. The molecule has 0 aromatic heterocycles. The fourth-order valence-electron chi connectivity index (χ4n) is 2.45. The standard InChI is InChI=1S/C16H15BrN2O/c17-14-6-3-5-12(10-14)16(20)19-9-8-18-11-13-4-1-2-7-15(13)19/h1-7,10,18H,8-9,11H2. The third kappa shape index (κ3) is 2.62. The number of nitrogens with one attached hydrogen (secondary N) is 1. The summed E-state index contributed by atoms with van der Waals surface area (Å²) in [5, 5.41) is 3.35. The number of benzene rings is 2. The maximum atomic E-state index is 12.7. The van der Waals surface area contributed by atoms with E-state index in [1.807, 2.05) is 47.4 Å². The number of para-hydroxylation sites is 1. The minimum absolute atomic E-state index is 0.0439. The molecule has 0 spiro atoms. The van der Waals surface area contributed by atoms with Crippen LogP contribution in [0.5, 0.6) is 0 Å². The van der Waals surface area contributed by atoms with Crippen molar-refractivity contribution < 1.29 is 4.79 Å². The van der Waals surface area contributed by atoms with Crippen molar-refractivity contribution in [3.63, 3.8) is 0 Å². The molecule has 0 atom stereocenters. The summed E-state index contributed by atoms with van der Waals surface area (Å²) in [6.07, 6.45) is 0. The quantitative estimate of drug-likeness (QED) is 0.870. The van der Waals surface area contributed by atoms with Crippen molar-refractivity contribution in [2.45, 2.75) is 6.54 Å². The third-order valence-corrected chi connectivity index (χ3v) is 3.92. The molecule has 0 aliphatic carbocycles. The van der Waals surface area contributed by atoms with Crippen LogP contribution in [0, 0.1) is 0 Å². The molecule has 0 saturated carbocycles. The molecule has 20 heavy (non-hydrogen) atoms. The summed E-state index contributed by atoms with van der Waals surface area (Å²) in [6.45, 7) is 2.29. The average Bonchev–Trinajstić information content (AvgIpc) is 2.69. The maximum absolute atomic E-state index is 12.7. The minimum Gasteiger partial charge on any atom is -0.311 e. The summed E-state index contributed by atoms with van der Waals surface area (Å²) in [5.41, 5.74) is 2.87. The number of hydrogen-bond acceptors (Lipinski definition) is 2. The van der Waals surface area contributed by atoms with Gasteiger partial charge in [0.25, 0.3) is 5.91 Å². The highest BCUT2D eigenvalue weighted by molar-refractivity contribution is 9.10. The van der Waals surface area contributed by atoms with E-state index in [-0.39, 0.29) is 5.91 Å². The van der Waals surface area contributed by atoms with Crippen LogP contribution >= 0.6 is 15.9 Å². The molecule has 0 radical (unpaired) electrons. The Morgan fingerprint density at radius 2 is 2.00 bits per heavy atom. The van der Waals surface area contributed by atoms with E-state index in [0.717, 1.165) is 28.8 Å². The van der Waals surface area contributed by atoms with Crippen molar-refractivity contribution in [3.8, 4) is 0 Å². The Morgan fingerprint density at radius 3 is 2.85 bits per heavy atom. The van der Waals surface area contributed by atoms with Crippen molar-refractivity contribution in [3.05, 3.63) is 64.1 Å². The monoisotopic (exact) mass is 330 g/mol. The highest BCUT2D eigenvalue weighted by Gasteiger charge is 2.21. The molecule has 1 amide bonds. The van der Waals surface area contributed by atoms with Crippen molar-refractivity contribution in [2.75, 3.05) is 18.0 Å². The van der Waals surface area contributed by atoms with E-state index in [4.69, 9.17) is 0 Å². The summed E-state index contributed by atoms with van der Waals surface area (Å²) in [4.78, 5) is 14.6. The molecule has 0 fully saturated rings. The van der Waals surface area contributed by atoms with Gasteiger partial charge in [0.1, 0.15) is 0 Å². The first-order chi connectivity index (χ1) is 9.75. The number of rotatable bonds is 1. The summed E-state index contributed by atoms with van der Waals surface area (Å²) < 4.78 is 0.921. The van der Waals surface area contributed by atoms with Gasteiger partial charge in [0.15, 0.2) is 0 Å². The van der Waals surface area contributed by atoms with Crippen LogP contribution in [0.25, 0.3) is 0 Å². The lowest BCUT2D eigenvalue weighted by Gasteiger charge is -2.22. The van der Waals surface area contributed by atoms with Crippen molar-refractivity contribution >= 4 is 27.5 Å².